The Morgan fingerprint density at radius 1 is 1.14 bits per heavy atom. The Kier molecular flexibility index (Phi) is 6.24. The van der Waals surface area contributed by atoms with Gasteiger partial charge in [0.2, 0.25) is 15.9 Å². The second kappa shape index (κ2) is 8.32. The fraction of sp³-hybridized carbons (Fsp3) is 0.278. The Labute approximate surface area is 171 Å². The maximum absolute atomic E-state index is 13.8. The molecule has 0 aromatic heterocycles. The summed E-state index contributed by atoms with van der Waals surface area (Å²) in [5.74, 6) is -2.89. The third-order valence-electron chi connectivity index (χ3n) is 4.45. The fourth-order valence-electron chi connectivity index (χ4n) is 3.01. The quantitative estimate of drug-likeness (QED) is 0.757. The van der Waals surface area contributed by atoms with Crippen molar-refractivity contribution in [2.45, 2.75) is 17.7 Å². The van der Waals surface area contributed by atoms with E-state index >= 15 is 0 Å². The predicted molar refractivity (Wildman–Crippen MR) is 103 cm³/mol. The number of sulfonamides is 1. The number of carbonyl (C=O) groups excluding carboxylic acids is 1. The molecule has 0 unspecified atom stereocenters. The molecule has 2 aromatic carbocycles. The highest BCUT2D eigenvalue weighted by molar-refractivity contribution is 7.89. The van der Waals surface area contributed by atoms with Crippen LogP contribution in [0.3, 0.4) is 0 Å². The number of carbonyl (C=O) groups is 1. The summed E-state index contributed by atoms with van der Waals surface area (Å²) < 4.78 is 53.8. The number of piperidine rings is 1. The molecule has 28 heavy (non-hydrogen) atoms. The van der Waals surface area contributed by atoms with E-state index in [4.69, 9.17) is 23.2 Å². The summed E-state index contributed by atoms with van der Waals surface area (Å²) in [4.78, 5) is 12.4. The van der Waals surface area contributed by atoms with Gasteiger partial charge in [0, 0.05) is 24.2 Å². The van der Waals surface area contributed by atoms with Crippen molar-refractivity contribution in [2.75, 3.05) is 18.4 Å². The molecule has 1 fully saturated rings. The molecule has 5 nitrogen and oxygen atoms in total. The van der Waals surface area contributed by atoms with Crippen LogP contribution in [0.2, 0.25) is 10.0 Å². The van der Waals surface area contributed by atoms with E-state index in [-0.39, 0.29) is 33.7 Å². The molecule has 150 valence electrons. The number of halogens is 4. The number of amides is 1. The summed E-state index contributed by atoms with van der Waals surface area (Å²) in [7, 11) is -3.95. The maximum Gasteiger partial charge on any atom is 0.244 e. The summed E-state index contributed by atoms with van der Waals surface area (Å²) in [6, 6.07) is 6.93. The fourth-order valence-corrected chi connectivity index (χ4v) is 5.28. The Hall–Kier alpha value is -1.74. The third-order valence-corrected chi connectivity index (χ3v) is 7.04. The van der Waals surface area contributed by atoms with Gasteiger partial charge in [0.1, 0.15) is 16.5 Å². The number of rotatable bonds is 4. The van der Waals surface area contributed by atoms with E-state index in [1.165, 1.54) is 22.5 Å². The SMILES string of the molecule is O=C(Nc1ccc(F)cc1F)[C@@H]1CCCN(S(=O)(=O)c2cc(Cl)ccc2Cl)C1. The van der Waals surface area contributed by atoms with Gasteiger partial charge in [-0.25, -0.2) is 17.2 Å². The van der Waals surface area contributed by atoms with E-state index in [1.807, 2.05) is 0 Å². The number of benzene rings is 2. The number of anilines is 1. The van der Waals surface area contributed by atoms with E-state index in [9.17, 15) is 22.0 Å². The Bertz CT molecular complexity index is 1020. The lowest BCUT2D eigenvalue weighted by Gasteiger charge is -2.31. The molecule has 10 heteroatoms. The zero-order valence-electron chi connectivity index (χ0n) is 14.5. The van der Waals surface area contributed by atoms with Crippen LogP contribution in [0.5, 0.6) is 0 Å². The van der Waals surface area contributed by atoms with Crippen LogP contribution in [0.15, 0.2) is 41.3 Å². The molecule has 0 bridgehead atoms. The first-order chi connectivity index (χ1) is 13.2. The first-order valence-corrected chi connectivity index (χ1v) is 10.6. The van der Waals surface area contributed by atoms with Gasteiger partial charge in [0.25, 0.3) is 0 Å². The van der Waals surface area contributed by atoms with Gasteiger partial charge in [0.05, 0.1) is 16.6 Å². The van der Waals surface area contributed by atoms with Gasteiger partial charge in [-0.05, 0) is 43.2 Å². The van der Waals surface area contributed by atoms with Crippen molar-refractivity contribution in [3.8, 4) is 0 Å². The Morgan fingerprint density at radius 3 is 2.61 bits per heavy atom. The average molecular weight is 449 g/mol. The van der Waals surface area contributed by atoms with Crippen LogP contribution >= 0.6 is 23.2 Å². The van der Waals surface area contributed by atoms with E-state index in [2.05, 4.69) is 5.32 Å². The summed E-state index contributed by atoms with van der Waals surface area (Å²) >= 11 is 11.9. The molecular formula is C18H16Cl2F2N2O3S. The molecule has 0 spiro atoms. The lowest BCUT2D eigenvalue weighted by Crippen LogP contribution is -2.43. The molecule has 1 atom stereocenters. The van der Waals surface area contributed by atoms with Crippen LogP contribution in [0, 0.1) is 17.6 Å². The van der Waals surface area contributed by atoms with Crippen LogP contribution in [0.25, 0.3) is 0 Å². The zero-order chi connectivity index (χ0) is 20.5. The van der Waals surface area contributed by atoms with E-state index in [0.29, 0.717) is 18.9 Å². The molecule has 2 aromatic rings. The molecule has 0 saturated carbocycles. The van der Waals surface area contributed by atoms with Crippen molar-refractivity contribution >= 4 is 44.8 Å². The van der Waals surface area contributed by atoms with Crippen LogP contribution in [0.4, 0.5) is 14.5 Å². The topological polar surface area (TPSA) is 66.5 Å². The van der Waals surface area contributed by atoms with Crippen molar-refractivity contribution in [1.82, 2.24) is 4.31 Å². The highest BCUT2D eigenvalue weighted by Crippen LogP contribution is 2.30. The minimum absolute atomic E-state index is 0.0318. The minimum atomic E-state index is -3.95. The molecule has 1 amide bonds. The van der Waals surface area contributed by atoms with Gasteiger partial charge in [-0.3, -0.25) is 4.79 Å². The van der Waals surface area contributed by atoms with Crippen LogP contribution in [-0.2, 0) is 14.8 Å². The normalized spacial score (nSPS) is 18.1. The van der Waals surface area contributed by atoms with Crippen LogP contribution in [0.1, 0.15) is 12.8 Å². The molecule has 1 heterocycles. The second-order valence-corrected chi connectivity index (χ2v) is 9.14. The highest BCUT2D eigenvalue weighted by atomic mass is 35.5. The van der Waals surface area contributed by atoms with Crippen molar-refractivity contribution < 1.29 is 22.0 Å². The maximum atomic E-state index is 13.8. The number of hydrogen-bond acceptors (Lipinski definition) is 3. The number of hydrogen-bond donors (Lipinski definition) is 1. The molecule has 0 radical (unpaired) electrons. The molecule has 1 N–H and O–H groups in total. The first kappa shape index (κ1) is 21.0. The third kappa shape index (κ3) is 4.46. The molecule has 3 rings (SSSR count). The average Bonchev–Trinajstić information content (AvgIpc) is 2.66. The van der Waals surface area contributed by atoms with Gasteiger partial charge in [-0.15, -0.1) is 0 Å². The van der Waals surface area contributed by atoms with Gasteiger partial charge in [0.15, 0.2) is 0 Å². The van der Waals surface area contributed by atoms with Gasteiger partial charge in [-0.2, -0.15) is 4.31 Å². The molecular weight excluding hydrogens is 433 g/mol. The molecule has 1 saturated heterocycles. The van der Waals surface area contributed by atoms with Gasteiger partial charge >= 0.3 is 0 Å². The standard InChI is InChI=1S/C18H16Cl2F2N2O3S/c19-12-3-5-14(20)17(8-12)28(26,27)24-7-1-2-11(10-24)18(25)23-16-6-4-13(21)9-15(16)22/h3-6,8-9,11H,1-2,7,10H2,(H,23,25)/t11-/m1/s1. The lowest BCUT2D eigenvalue weighted by molar-refractivity contribution is -0.120. The van der Waals surface area contributed by atoms with Gasteiger partial charge in [-0.1, -0.05) is 23.2 Å². The molecule has 1 aliphatic rings. The zero-order valence-corrected chi connectivity index (χ0v) is 16.8. The Morgan fingerprint density at radius 2 is 1.89 bits per heavy atom. The van der Waals surface area contributed by atoms with Crippen molar-refractivity contribution in [1.29, 1.82) is 0 Å². The smallest absolute Gasteiger partial charge is 0.244 e. The van der Waals surface area contributed by atoms with Gasteiger partial charge < -0.3 is 5.32 Å². The lowest BCUT2D eigenvalue weighted by atomic mass is 9.98. The summed E-state index contributed by atoms with van der Waals surface area (Å²) in [6.07, 6.45) is 0.880. The summed E-state index contributed by atoms with van der Waals surface area (Å²) in [5, 5.41) is 2.65. The van der Waals surface area contributed by atoms with E-state index < -0.39 is 33.5 Å². The highest BCUT2D eigenvalue weighted by Gasteiger charge is 2.34. The minimum Gasteiger partial charge on any atom is -0.323 e. The predicted octanol–water partition coefficient (Wildman–Crippen LogP) is 4.31. The monoisotopic (exact) mass is 448 g/mol. The number of nitrogens with one attached hydrogen (secondary N) is 1. The molecule has 1 aliphatic heterocycles. The number of nitrogens with zero attached hydrogens (tertiary/aromatic N) is 1. The van der Waals surface area contributed by atoms with Crippen molar-refractivity contribution in [3.05, 3.63) is 58.1 Å². The van der Waals surface area contributed by atoms with Crippen molar-refractivity contribution in [2.24, 2.45) is 5.92 Å². The van der Waals surface area contributed by atoms with E-state index in [1.54, 1.807) is 0 Å². The van der Waals surface area contributed by atoms with Crippen LogP contribution < -0.4 is 5.32 Å². The Balaban J connectivity index is 1.78. The van der Waals surface area contributed by atoms with Crippen LogP contribution in [-0.4, -0.2) is 31.7 Å². The second-order valence-electron chi connectivity index (χ2n) is 6.39. The van der Waals surface area contributed by atoms with Crippen molar-refractivity contribution in [3.63, 3.8) is 0 Å². The largest absolute Gasteiger partial charge is 0.323 e. The molecule has 0 aliphatic carbocycles. The first-order valence-electron chi connectivity index (χ1n) is 8.39. The van der Waals surface area contributed by atoms with E-state index in [0.717, 1.165) is 12.1 Å². The summed E-state index contributed by atoms with van der Waals surface area (Å²) in [5.41, 5.74) is -0.163. The summed E-state index contributed by atoms with van der Waals surface area (Å²) in [6.45, 7) is 0.139.